The Morgan fingerprint density at radius 3 is 3.00 bits per heavy atom. The standard InChI is InChI=1S/C8H8N4/c1-7-6-12(11-10-7)8-3-2-4-9-5-8/h2-6H,1H3/p+1. The van der Waals surface area contributed by atoms with Crippen molar-refractivity contribution in [3.8, 4) is 5.69 Å². The summed E-state index contributed by atoms with van der Waals surface area (Å²) in [6.45, 7) is 1.93. The maximum atomic E-state index is 4.00. The van der Waals surface area contributed by atoms with Gasteiger partial charge in [-0.1, -0.05) is 5.21 Å². The molecule has 0 saturated carbocycles. The zero-order valence-corrected chi connectivity index (χ0v) is 6.73. The lowest BCUT2D eigenvalue weighted by Gasteiger charge is -1.89. The van der Waals surface area contributed by atoms with Crippen LogP contribution in [0.2, 0.25) is 0 Å². The fourth-order valence-electron chi connectivity index (χ4n) is 1.01. The SMILES string of the molecule is Cc1c[n+](-c2cccnc2)[nH]n1. The van der Waals surface area contributed by atoms with Crippen molar-refractivity contribution >= 4 is 0 Å². The molecule has 4 nitrogen and oxygen atoms in total. The first kappa shape index (κ1) is 6.97. The van der Waals surface area contributed by atoms with E-state index in [4.69, 9.17) is 0 Å². The molecule has 0 radical (unpaired) electrons. The van der Waals surface area contributed by atoms with Crippen LogP contribution in [0.3, 0.4) is 0 Å². The zero-order chi connectivity index (χ0) is 8.39. The Morgan fingerprint density at radius 1 is 1.50 bits per heavy atom. The van der Waals surface area contributed by atoms with Gasteiger partial charge in [0.05, 0.1) is 6.20 Å². The quantitative estimate of drug-likeness (QED) is 0.615. The van der Waals surface area contributed by atoms with Gasteiger partial charge in [-0.2, -0.15) is 0 Å². The van der Waals surface area contributed by atoms with Crippen molar-refractivity contribution in [2.24, 2.45) is 0 Å². The molecular formula is C8H9N4+. The third kappa shape index (κ3) is 1.18. The molecule has 0 saturated heterocycles. The van der Waals surface area contributed by atoms with Crippen LogP contribution in [0.25, 0.3) is 5.69 Å². The lowest BCUT2D eigenvalue weighted by Crippen LogP contribution is -2.31. The number of aryl methyl sites for hydroxylation is 1. The molecule has 2 heterocycles. The van der Waals surface area contributed by atoms with E-state index in [0.717, 1.165) is 11.4 Å². The van der Waals surface area contributed by atoms with Crippen molar-refractivity contribution in [1.82, 2.24) is 15.3 Å². The van der Waals surface area contributed by atoms with Crippen molar-refractivity contribution in [1.29, 1.82) is 0 Å². The lowest BCUT2D eigenvalue weighted by atomic mass is 10.4. The highest BCUT2D eigenvalue weighted by Gasteiger charge is 2.05. The van der Waals surface area contributed by atoms with Gasteiger partial charge < -0.3 is 0 Å². The summed E-state index contributed by atoms with van der Waals surface area (Å²) in [6.07, 6.45) is 5.43. The van der Waals surface area contributed by atoms with Gasteiger partial charge in [-0.3, -0.25) is 4.98 Å². The molecule has 0 amide bonds. The van der Waals surface area contributed by atoms with Gasteiger partial charge in [0.1, 0.15) is 0 Å². The van der Waals surface area contributed by atoms with Crippen molar-refractivity contribution < 1.29 is 4.68 Å². The molecule has 0 spiro atoms. The van der Waals surface area contributed by atoms with Crippen LogP contribution in [-0.2, 0) is 0 Å². The fourth-order valence-corrected chi connectivity index (χ4v) is 1.01. The molecule has 60 valence electrons. The first-order valence-corrected chi connectivity index (χ1v) is 3.70. The summed E-state index contributed by atoms with van der Waals surface area (Å²) in [7, 11) is 0. The molecule has 0 aliphatic rings. The van der Waals surface area contributed by atoms with E-state index in [0.29, 0.717) is 0 Å². The predicted octanol–water partition coefficient (Wildman–Crippen LogP) is 0.390. The highest BCUT2D eigenvalue weighted by atomic mass is 15.4. The highest BCUT2D eigenvalue weighted by molar-refractivity contribution is 5.15. The molecule has 0 aromatic carbocycles. The fraction of sp³-hybridized carbons (Fsp3) is 0.125. The maximum Gasteiger partial charge on any atom is 0.215 e. The van der Waals surface area contributed by atoms with Crippen molar-refractivity contribution in [3.63, 3.8) is 0 Å². The van der Waals surface area contributed by atoms with Crippen molar-refractivity contribution in [2.45, 2.75) is 6.92 Å². The molecule has 12 heavy (non-hydrogen) atoms. The Hall–Kier alpha value is -1.71. The first-order chi connectivity index (χ1) is 5.86. The second-order valence-corrected chi connectivity index (χ2v) is 2.56. The normalized spacial score (nSPS) is 10.1. The third-order valence-corrected chi connectivity index (χ3v) is 1.57. The van der Waals surface area contributed by atoms with Crippen LogP contribution in [0, 0.1) is 6.92 Å². The summed E-state index contributed by atoms with van der Waals surface area (Å²) in [6, 6.07) is 3.85. The molecule has 0 aliphatic heterocycles. The maximum absolute atomic E-state index is 4.00. The summed E-state index contributed by atoms with van der Waals surface area (Å²) in [5, 5.41) is 6.85. The minimum atomic E-state index is 0.957. The zero-order valence-electron chi connectivity index (χ0n) is 6.73. The minimum absolute atomic E-state index is 0.957. The Morgan fingerprint density at radius 2 is 2.42 bits per heavy atom. The molecule has 0 unspecified atom stereocenters. The van der Waals surface area contributed by atoms with E-state index < -0.39 is 0 Å². The van der Waals surface area contributed by atoms with Crippen LogP contribution < -0.4 is 4.68 Å². The van der Waals surface area contributed by atoms with E-state index in [2.05, 4.69) is 15.3 Å². The second kappa shape index (κ2) is 2.73. The van der Waals surface area contributed by atoms with Gasteiger partial charge in [0.15, 0.2) is 11.9 Å². The molecule has 0 bridgehead atoms. The molecule has 0 fully saturated rings. The van der Waals surface area contributed by atoms with E-state index in [-0.39, 0.29) is 0 Å². The van der Waals surface area contributed by atoms with Gasteiger partial charge >= 0.3 is 0 Å². The van der Waals surface area contributed by atoms with Crippen molar-refractivity contribution in [2.75, 3.05) is 0 Å². The summed E-state index contributed by atoms with van der Waals surface area (Å²) in [4.78, 5) is 4.00. The number of hydrogen-bond donors (Lipinski definition) is 1. The van der Waals surface area contributed by atoms with Gasteiger partial charge in [-0.15, -0.1) is 4.68 Å². The summed E-state index contributed by atoms with van der Waals surface area (Å²) < 4.78 is 1.82. The first-order valence-electron chi connectivity index (χ1n) is 3.70. The molecule has 2 aromatic heterocycles. The molecule has 1 N–H and O–H groups in total. The molecule has 2 rings (SSSR count). The summed E-state index contributed by atoms with van der Waals surface area (Å²) >= 11 is 0. The average molecular weight is 161 g/mol. The van der Waals surface area contributed by atoms with Gasteiger partial charge in [-0.05, 0) is 12.1 Å². The van der Waals surface area contributed by atoms with Gasteiger partial charge in [0, 0.05) is 18.2 Å². The molecule has 2 aromatic rings. The third-order valence-electron chi connectivity index (χ3n) is 1.57. The summed E-state index contributed by atoms with van der Waals surface area (Å²) in [5.41, 5.74) is 1.94. The highest BCUT2D eigenvalue weighted by Crippen LogP contribution is 1.93. The number of pyridine rings is 1. The second-order valence-electron chi connectivity index (χ2n) is 2.56. The summed E-state index contributed by atoms with van der Waals surface area (Å²) in [5.74, 6) is 0. The number of H-pyrrole nitrogens is 1. The lowest BCUT2D eigenvalue weighted by molar-refractivity contribution is -0.659. The Bertz CT molecular complexity index is 366. The van der Waals surface area contributed by atoms with Crippen molar-refractivity contribution in [3.05, 3.63) is 36.4 Å². The van der Waals surface area contributed by atoms with Crippen LogP contribution in [0.1, 0.15) is 5.69 Å². The molecule has 0 aliphatic carbocycles. The number of nitrogens with zero attached hydrogens (tertiary/aromatic N) is 3. The van der Waals surface area contributed by atoms with Crippen LogP contribution in [0.4, 0.5) is 0 Å². The van der Waals surface area contributed by atoms with Gasteiger partial charge in [-0.25, -0.2) is 0 Å². The van der Waals surface area contributed by atoms with Gasteiger partial charge in [0.25, 0.3) is 0 Å². The molecular weight excluding hydrogens is 152 g/mol. The largest absolute Gasteiger partial charge is 0.260 e. The Balaban J connectivity index is 2.45. The minimum Gasteiger partial charge on any atom is -0.260 e. The Labute approximate surface area is 69.9 Å². The Kier molecular flexibility index (Phi) is 1.59. The average Bonchev–Trinajstić information content (AvgIpc) is 2.54. The topological polar surface area (TPSA) is 45.5 Å². The number of hydrogen-bond acceptors (Lipinski definition) is 2. The van der Waals surface area contributed by atoms with E-state index in [1.165, 1.54) is 0 Å². The van der Waals surface area contributed by atoms with E-state index >= 15 is 0 Å². The van der Waals surface area contributed by atoms with Crippen LogP contribution in [0.5, 0.6) is 0 Å². The monoisotopic (exact) mass is 161 g/mol. The number of aromatic nitrogens is 4. The van der Waals surface area contributed by atoms with Crippen LogP contribution >= 0.6 is 0 Å². The predicted molar refractivity (Wildman–Crippen MR) is 42.7 cm³/mol. The van der Waals surface area contributed by atoms with E-state index in [9.17, 15) is 0 Å². The number of nitrogens with one attached hydrogen (secondary N) is 1. The number of rotatable bonds is 1. The van der Waals surface area contributed by atoms with Crippen LogP contribution in [0.15, 0.2) is 30.7 Å². The smallest absolute Gasteiger partial charge is 0.215 e. The number of aromatic amines is 1. The van der Waals surface area contributed by atoms with E-state index in [1.807, 2.05) is 29.9 Å². The molecule has 4 heteroatoms. The molecule has 0 atom stereocenters. The van der Waals surface area contributed by atoms with Gasteiger partial charge in [0.2, 0.25) is 5.69 Å². The van der Waals surface area contributed by atoms with E-state index in [1.54, 1.807) is 12.4 Å². The van der Waals surface area contributed by atoms with Crippen LogP contribution in [-0.4, -0.2) is 15.3 Å².